The van der Waals surface area contributed by atoms with E-state index in [1.165, 1.54) is 28.0 Å². The number of ether oxygens (including phenoxy) is 2. The van der Waals surface area contributed by atoms with Crippen LogP contribution in [0.5, 0.6) is 5.75 Å². The van der Waals surface area contributed by atoms with Crippen LogP contribution in [0.2, 0.25) is 0 Å². The number of carbonyl (C=O) groups is 4. The van der Waals surface area contributed by atoms with Gasteiger partial charge in [-0.3, -0.25) is 23.7 Å². The molecule has 1 fully saturated rings. The van der Waals surface area contributed by atoms with Crippen molar-refractivity contribution in [1.82, 2.24) is 4.57 Å². The van der Waals surface area contributed by atoms with Gasteiger partial charge in [0.2, 0.25) is 17.7 Å². The normalized spacial score (nSPS) is 19.1. The molecule has 2 aliphatic rings. The first-order valence-corrected chi connectivity index (χ1v) is 15.9. The minimum Gasteiger partial charge on any atom is -0.497 e. The number of amides is 3. The number of hydrogen-bond donors (Lipinski definition) is 1. The van der Waals surface area contributed by atoms with Crippen LogP contribution in [0.1, 0.15) is 33.0 Å². The number of thiophene rings is 1. The lowest BCUT2D eigenvalue weighted by Gasteiger charge is -2.29. The number of benzene rings is 2. The van der Waals surface area contributed by atoms with E-state index in [0.717, 1.165) is 32.9 Å². The Hall–Kier alpha value is -4.20. The van der Waals surface area contributed by atoms with Crippen LogP contribution in [0, 0.1) is 5.92 Å². The fourth-order valence-corrected chi connectivity index (χ4v) is 8.99. The van der Waals surface area contributed by atoms with Gasteiger partial charge in [-0.2, -0.15) is 0 Å². The standard InChI is InChI=1S/C30H25N3O7S3/c1-3-40-29(37)16-6-10-18(11-7-16)33-26(35)23-22(20-5-4-14-41-20)25-28(42-24(23)27(33)36)32(30(38)43-25)15-21(34)31-17-8-12-19(39-2)13-9-17/h4-14,22-24H,3,15H2,1-2H3,(H,31,34)/t22-,23?,24?/m0/s1. The number of aromatic nitrogens is 1. The van der Waals surface area contributed by atoms with Crippen LogP contribution in [-0.4, -0.2) is 47.2 Å². The highest BCUT2D eigenvalue weighted by Gasteiger charge is 2.57. The highest BCUT2D eigenvalue weighted by molar-refractivity contribution is 8.00. The Kier molecular flexibility index (Phi) is 7.95. The maximum absolute atomic E-state index is 14.0. The van der Waals surface area contributed by atoms with Crippen LogP contribution in [-0.2, 0) is 25.7 Å². The van der Waals surface area contributed by atoms with Gasteiger partial charge in [-0.25, -0.2) is 9.69 Å². The van der Waals surface area contributed by atoms with Crippen molar-refractivity contribution in [3.8, 4) is 5.75 Å². The molecule has 1 saturated heterocycles. The molecule has 3 atom stereocenters. The van der Waals surface area contributed by atoms with Gasteiger partial charge in [-0.1, -0.05) is 29.2 Å². The Labute approximate surface area is 258 Å². The summed E-state index contributed by atoms with van der Waals surface area (Å²) in [5, 5.41) is 4.40. The summed E-state index contributed by atoms with van der Waals surface area (Å²) >= 11 is 3.60. The summed E-state index contributed by atoms with van der Waals surface area (Å²) in [7, 11) is 1.55. The number of rotatable bonds is 8. The molecule has 0 aliphatic carbocycles. The second-order valence-corrected chi connectivity index (χ2v) is 12.8. The maximum atomic E-state index is 14.0. The first-order chi connectivity index (χ1) is 20.8. The van der Waals surface area contributed by atoms with E-state index in [-0.39, 0.29) is 23.9 Å². The molecule has 0 bridgehead atoms. The van der Waals surface area contributed by atoms with Crippen LogP contribution in [0.15, 0.2) is 75.9 Å². The van der Waals surface area contributed by atoms with E-state index in [1.54, 1.807) is 50.4 Å². The first-order valence-electron chi connectivity index (χ1n) is 13.3. The van der Waals surface area contributed by atoms with E-state index in [0.29, 0.717) is 32.6 Å². The van der Waals surface area contributed by atoms with Crippen molar-refractivity contribution in [3.05, 3.63) is 91.0 Å². The SMILES string of the molecule is CCOC(=O)c1ccc(N2C(=O)C3Sc4c(sc(=O)n4CC(=O)Nc4ccc(OC)cc4)[C@@H](c4cccs4)C3C2=O)cc1. The van der Waals surface area contributed by atoms with Crippen LogP contribution in [0.25, 0.3) is 0 Å². The number of anilines is 2. The number of fused-ring (bicyclic) bond motifs is 2. The molecule has 2 unspecified atom stereocenters. The predicted molar refractivity (Wildman–Crippen MR) is 164 cm³/mol. The number of nitrogens with zero attached hydrogens (tertiary/aromatic N) is 2. The summed E-state index contributed by atoms with van der Waals surface area (Å²) < 4.78 is 11.6. The molecule has 0 radical (unpaired) electrons. The Bertz CT molecular complexity index is 1760. The quantitative estimate of drug-likeness (QED) is 0.220. The number of thiazole rings is 1. The molecule has 0 saturated carbocycles. The van der Waals surface area contributed by atoms with Gasteiger partial charge in [0.15, 0.2) is 0 Å². The Morgan fingerprint density at radius 2 is 1.72 bits per heavy atom. The number of methoxy groups -OCH3 is 1. The molecule has 10 nitrogen and oxygen atoms in total. The molecule has 4 aromatic rings. The van der Waals surface area contributed by atoms with E-state index in [9.17, 15) is 24.0 Å². The van der Waals surface area contributed by atoms with Crippen molar-refractivity contribution in [3.63, 3.8) is 0 Å². The number of carbonyl (C=O) groups excluding carboxylic acids is 4. The second kappa shape index (κ2) is 11.8. The lowest BCUT2D eigenvalue weighted by Crippen LogP contribution is -2.32. The Balaban J connectivity index is 1.32. The maximum Gasteiger partial charge on any atom is 0.338 e. The van der Waals surface area contributed by atoms with E-state index in [2.05, 4.69) is 5.32 Å². The smallest absolute Gasteiger partial charge is 0.338 e. The number of esters is 1. The molecule has 2 aliphatic heterocycles. The van der Waals surface area contributed by atoms with Gasteiger partial charge >= 0.3 is 10.8 Å². The number of nitrogens with one attached hydrogen (secondary N) is 1. The molecule has 2 aromatic heterocycles. The molecule has 1 N–H and O–H groups in total. The van der Waals surface area contributed by atoms with Gasteiger partial charge in [-0.15, -0.1) is 11.3 Å². The largest absolute Gasteiger partial charge is 0.497 e. The second-order valence-electron chi connectivity index (χ2n) is 9.74. The molecule has 6 rings (SSSR count). The molecular weight excluding hydrogens is 611 g/mol. The Morgan fingerprint density at radius 3 is 2.37 bits per heavy atom. The third-order valence-electron chi connectivity index (χ3n) is 7.21. The zero-order valence-electron chi connectivity index (χ0n) is 23.0. The van der Waals surface area contributed by atoms with E-state index < -0.39 is 34.9 Å². The van der Waals surface area contributed by atoms with Gasteiger partial charge in [0, 0.05) is 21.4 Å². The van der Waals surface area contributed by atoms with Crippen molar-refractivity contribution in [1.29, 1.82) is 0 Å². The van der Waals surface area contributed by atoms with E-state index >= 15 is 0 Å². The third kappa shape index (κ3) is 5.28. The van der Waals surface area contributed by atoms with Gasteiger partial charge < -0.3 is 14.8 Å². The van der Waals surface area contributed by atoms with Crippen LogP contribution >= 0.6 is 34.4 Å². The minimum atomic E-state index is -0.804. The summed E-state index contributed by atoms with van der Waals surface area (Å²) in [5.41, 5.74) is 1.21. The van der Waals surface area contributed by atoms with Crippen molar-refractivity contribution < 1.29 is 28.7 Å². The molecule has 2 aromatic carbocycles. The summed E-state index contributed by atoms with van der Waals surface area (Å²) in [5.74, 6) is -2.30. The molecule has 4 heterocycles. The zero-order chi connectivity index (χ0) is 30.2. The summed E-state index contributed by atoms with van der Waals surface area (Å²) in [6.45, 7) is 1.69. The number of imide groups is 1. The van der Waals surface area contributed by atoms with Gasteiger partial charge in [0.05, 0.1) is 35.9 Å². The monoisotopic (exact) mass is 635 g/mol. The summed E-state index contributed by atoms with van der Waals surface area (Å²) in [4.78, 5) is 68.5. The highest BCUT2D eigenvalue weighted by Crippen LogP contribution is 2.54. The van der Waals surface area contributed by atoms with Gasteiger partial charge in [0.25, 0.3) is 0 Å². The molecule has 0 spiro atoms. The van der Waals surface area contributed by atoms with Crippen LogP contribution in [0.4, 0.5) is 11.4 Å². The topological polar surface area (TPSA) is 124 Å². The average Bonchev–Trinajstić information content (AvgIpc) is 3.71. The lowest BCUT2D eigenvalue weighted by atomic mass is 9.87. The number of hydrogen-bond acceptors (Lipinski definition) is 10. The minimum absolute atomic E-state index is 0.229. The van der Waals surface area contributed by atoms with E-state index in [1.807, 2.05) is 17.5 Å². The molecule has 220 valence electrons. The first kappa shape index (κ1) is 28.9. The van der Waals surface area contributed by atoms with E-state index in [4.69, 9.17) is 9.47 Å². The fourth-order valence-electron chi connectivity index (χ4n) is 5.26. The highest BCUT2D eigenvalue weighted by atomic mass is 32.2. The van der Waals surface area contributed by atoms with Crippen molar-refractivity contribution in [2.24, 2.45) is 5.92 Å². The van der Waals surface area contributed by atoms with Crippen LogP contribution < -0.4 is 19.8 Å². The molecule has 3 amide bonds. The molecular formula is C30H25N3O7S3. The van der Waals surface area contributed by atoms with Crippen LogP contribution in [0.3, 0.4) is 0 Å². The van der Waals surface area contributed by atoms with Crippen molar-refractivity contribution in [2.75, 3.05) is 23.9 Å². The molecule has 43 heavy (non-hydrogen) atoms. The lowest BCUT2D eigenvalue weighted by molar-refractivity contribution is -0.122. The number of thioether (sulfide) groups is 1. The van der Waals surface area contributed by atoms with Crippen molar-refractivity contribution in [2.45, 2.75) is 29.7 Å². The Morgan fingerprint density at radius 1 is 0.977 bits per heavy atom. The predicted octanol–water partition coefficient (Wildman–Crippen LogP) is 4.59. The third-order valence-corrected chi connectivity index (χ3v) is 10.8. The fraction of sp³-hybridized carbons (Fsp3) is 0.233. The van der Waals surface area contributed by atoms with Crippen molar-refractivity contribution >= 4 is 69.5 Å². The van der Waals surface area contributed by atoms with Gasteiger partial charge in [0.1, 0.15) is 17.5 Å². The van der Waals surface area contributed by atoms with Gasteiger partial charge in [-0.05, 0) is 66.9 Å². The zero-order valence-corrected chi connectivity index (χ0v) is 25.4. The molecule has 13 heteroatoms. The summed E-state index contributed by atoms with van der Waals surface area (Å²) in [6.07, 6.45) is 0. The summed E-state index contributed by atoms with van der Waals surface area (Å²) in [6, 6.07) is 16.8. The average molecular weight is 636 g/mol.